The van der Waals surface area contributed by atoms with Crippen molar-refractivity contribution in [2.75, 3.05) is 0 Å². The van der Waals surface area contributed by atoms with Gasteiger partial charge in [-0.1, -0.05) is 24.3 Å². The summed E-state index contributed by atoms with van der Waals surface area (Å²) in [6.07, 6.45) is 3.20. The SMILES string of the molecule is O=C(NCc1ccco1)/C(=C\c1cccs1)NC(=O)c1ccccc1. The molecule has 25 heavy (non-hydrogen) atoms. The Morgan fingerprint density at radius 2 is 1.88 bits per heavy atom. The average Bonchev–Trinajstić information content (AvgIpc) is 3.33. The molecular formula is C19H16N2O3S. The minimum Gasteiger partial charge on any atom is -0.467 e. The highest BCUT2D eigenvalue weighted by Crippen LogP contribution is 2.13. The van der Waals surface area contributed by atoms with Crippen LogP contribution in [0.25, 0.3) is 6.08 Å². The summed E-state index contributed by atoms with van der Waals surface area (Å²) < 4.78 is 5.20. The first-order valence-electron chi connectivity index (χ1n) is 7.64. The maximum atomic E-state index is 12.5. The Balaban J connectivity index is 1.75. The molecular weight excluding hydrogens is 336 g/mol. The molecule has 0 aliphatic rings. The zero-order valence-electron chi connectivity index (χ0n) is 13.3. The van der Waals surface area contributed by atoms with Crippen LogP contribution >= 0.6 is 11.3 Å². The molecule has 0 unspecified atom stereocenters. The zero-order valence-corrected chi connectivity index (χ0v) is 14.1. The topological polar surface area (TPSA) is 71.3 Å². The van der Waals surface area contributed by atoms with Crippen LogP contribution in [0.15, 0.2) is 76.4 Å². The van der Waals surface area contributed by atoms with Crippen molar-refractivity contribution < 1.29 is 14.0 Å². The van der Waals surface area contributed by atoms with Gasteiger partial charge in [0, 0.05) is 10.4 Å². The Hall–Kier alpha value is -3.12. The molecule has 0 fully saturated rings. The van der Waals surface area contributed by atoms with Gasteiger partial charge in [-0.2, -0.15) is 0 Å². The third-order valence-electron chi connectivity index (χ3n) is 3.36. The van der Waals surface area contributed by atoms with Crippen LogP contribution in [-0.2, 0) is 11.3 Å². The zero-order chi connectivity index (χ0) is 17.5. The Morgan fingerprint density at radius 3 is 2.56 bits per heavy atom. The van der Waals surface area contributed by atoms with Crippen molar-refractivity contribution in [1.29, 1.82) is 0 Å². The molecule has 0 aliphatic carbocycles. The maximum Gasteiger partial charge on any atom is 0.268 e. The van der Waals surface area contributed by atoms with E-state index in [4.69, 9.17) is 4.42 Å². The van der Waals surface area contributed by atoms with Crippen LogP contribution < -0.4 is 10.6 Å². The molecule has 3 rings (SSSR count). The number of carbonyl (C=O) groups excluding carboxylic acids is 2. The normalized spacial score (nSPS) is 11.1. The highest BCUT2D eigenvalue weighted by molar-refractivity contribution is 7.10. The van der Waals surface area contributed by atoms with Crippen molar-refractivity contribution >= 4 is 29.2 Å². The van der Waals surface area contributed by atoms with Crippen molar-refractivity contribution in [3.05, 3.63) is 88.1 Å². The number of nitrogens with one attached hydrogen (secondary N) is 2. The fourth-order valence-corrected chi connectivity index (χ4v) is 2.79. The van der Waals surface area contributed by atoms with Crippen molar-refractivity contribution in [2.45, 2.75) is 6.54 Å². The minimum absolute atomic E-state index is 0.183. The second-order valence-corrected chi connectivity index (χ2v) is 6.13. The number of rotatable bonds is 6. The van der Waals surface area contributed by atoms with E-state index >= 15 is 0 Å². The predicted octanol–water partition coefficient (Wildman–Crippen LogP) is 3.43. The standard InChI is InChI=1S/C19H16N2O3S/c22-18(14-6-2-1-3-7-14)21-17(12-16-9-5-11-25-16)19(23)20-13-15-8-4-10-24-15/h1-12H,13H2,(H,20,23)(H,21,22)/b17-12+. The fraction of sp³-hybridized carbons (Fsp3) is 0.0526. The molecule has 2 amide bonds. The third kappa shape index (κ3) is 4.68. The summed E-state index contributed by atoms with van der Waals surface area (Å²) in [6.45, 7) is 0.245. The van der Waals surface area contributed by atoms with Gasteiger partial charge in [0.25, 0.3) is 11.8 Å². The fourth-order valence-electron chi connectivity index (χ4n) is 2.13. The summed E-state index contributed by atoms with van der Waals surface area (Å²) in [7, 11) is 0. The lowest BCUT2D eigenvalue weighted by molar-refractivity contribution is -0.118. The number of furan rings is 1. The van der Waals surface area contributed by atoms with Crippen LogP contribution in [0.1, 0.15) is 21.0 Å². The van der Waals surface area contributed by atoms with Gasteiger partial charge in [0.1, 0.15) is 11.5 Å². The van der Waals surface area contributed by atoms with Crippen molar-refractivity contribution in [3.63, 3.8) is 0 Å². The van der Waals surface area contributed by atoms with E-state index in [-0.39, 0.29) is 24.1 Å². The Labute approximate surface area is 149 Å². The predicted molar refractivity (Wildman–Crippen MR) is 96.8 cm³/mol. The lowest BCUT2D eigenvalue weighted by Gasteiger charge is -2.10. The quantitative estimate of drug-likeness (QED) is 0.668. The minimum atomic E-state index is -0.380. The molecule has 2 N–H and O–H groups in total. The molecule has 0 atom stereocenters. The lowest BCUT2D eigenvalue weighted by Crippen LogP contribution is -2.34. The van der Waals surface area contributed by atoms with E-state index < -0.39 is 0 Å². The molecule has 2 heterocycles. The molecule has 0 bridgehead atoms. The molecule has 0 radical (unpaired) electrons. The van der Waals surface area contributed by atoms with E-state index in [0.29, 0.717) is 11.3 Å². The second kappa shape index (κ2) is 8.12. The smallest absolute Gasteiger partial charge is 0.268 e. The summed E-state index contributed by atoms with van der Waals surface area (Å²) in [4.78, 5) is 25.7. The van der Waals surface area contributed by atoms with Crippen molar-refractivity contribution in [2.24, 2.45) is 0 Å². The van der Waals surface area contributed by atoms with E-state index in [1.165, 1.54) is 11.3 Å². The number of hydrogen-bond donors (Lipinski definition) is 2. The maximum absolute atomic E-state index is 12.5. The van der Waals surface area contributed by atoms with Crippen LogP contribution in [-0.4, -0.2) is 11.8 Å². The van der Waals surface area contributed by atoms with Crippen LogP contribution in [0.5, 0.6) is 0 Å². The third-order valence-corrected chi connectivity index (χ3v) is 4.18. The molecule has 5 nitrogen and oxygen atoms in total. The average molecular weight is 352 g/mol. The van der Waals surface area contributed by atoms with Gasteiger partial charge in [0.2, 0.25) is 0 Å². The first kappa shape index (κ1) is 16.7. The second-order valence-electron chi connectivity index (χ2n) is 5.16. The van der Waals surface area contributed by atoms with E-state index in [9.17, 15) is 9.59 Å². The number of carbonyl (C=O) groups is 2. The monoisotopic (exact) mass is 352 g/mol. The molecule has 3 aromatic rings. The van der Waals surface area contributed by atoms with Gasteiger partial charge in [-0.3, -0.25) is 9.59 Å². The number of thiophene rings is 1. The largest absolute Gasteiger partial charge is 0.467 e. The van der Waals surface area contributed by atoms with E-state index in [1.54, 1.807) is 48.7 Å². The summed E-state index contributed by atoms with van der Waals surface area (Å²) in [5.74, 6) is -0.0798. The highest BCUT2D eigenvalue weighted by atomic mass is 32.1. The Morgan fingerprint density at radius 1 is 1.04 bits per heavy atom. The summed E-state index contributed by atoms with van der Waals surface area (Å²) in [5, 5.41) is 7.34. The van der Waals surface area contributed by atoms with Gasteiger partial charge >= 0.3 is 0 Å². The number of hydrogen-bond acceptors (Lipinski definition) is 4. The summed E-state index contributed by atoms with van der Waals surface area (Å²) in [6, 6.07) is 16.0. The van der Waals surface area contributed by atoms with Gasteiger partial charge < -0.3 is 15.1 Å². The first-order chi connectivity index (χ1) is 12.2. The molecule has 2 aromatic heterocycles. The van der Waals surface area contributed by atoms with E-state index in [1.807, 2.05) is 23.6 Å². The van der Waals surface area contributed by atoms with Crippen LogP contribution in [0.2, 0.25) is 0 Å². The molecule has 6 heteroatoms. The molecule has 0 saturated heterocycles. The van der Waals surface area contributed by atoms with Gasteiger partial charge in [-0.15, -0.1) is 11.3 Å². The molecule has 0 spiro atoms. The molecule has 1 aromatic carbocycles. The van der Waals surface area contributed by atoms with Crippen molar-refractivity contribution in [1.82, 2.24) is 10.6 Å². The number of benzene rings is 1. The van der Waals surface area contributed by atoms with Crippen LogP contribution in [0, 0.1) is 0 Å². The van der Waals surface area contributed by atoms with Crippen LogP contribution in [0.3, 0.4) is 0 Å². The van der Waals surface area contributed by atoms with Gasteiger partial charge in [-0.25, -0.2) is 0 Å². The highest BCUT2D eigenvalue weighted by Gasteiger charge is 2.15. The summed E-state index contributed by atoms with van der Waals surface area (Å²) >= 11 is 1.48. The van der Waals surface area contributed by atoms with E-state index in [2.05, 4.69) is 10.6 Å². The van der Waals surface area contributed by atoms with E-state index in [0.717, 1.165) is 4.88 Å². The van der Waals surface area contributed by atoms with Gasteiger partial charge in [0.15, 0.2) is 0 Å². The first-order valence-corrected chi connectivity index (χ1v) is 8.52. The molecule has 0 aliphatic heterocycles. The molecule has 0 saturated carbocycles. The van der Waals surface area contributed by atoms with Crippen molar-refractivity contribution in [3.8, 4) is 0 Å². The van der Waals surface area contributed by atoms with Gasteiger partial charge in [-0.05, 0) is 41.8 Å². The number of amides is 2. The van der Waals surface area contributed by atoms with Crippen LogP contribution in [0.4, 0.5) is 0 Å². The Bertz CT molecular complexity index is 853. The molecule has 126 valence electrons. The Kier molecular flexibility index (Phi) is 5.43. The lowest BCUT2D eigenvalue weighted by atomic mass is 10.2. The van der Waals surface area contributed by atoms with Gasteiger partial charge in [0.05, 0.1) is 12.8 Å². The summed E-state index contributed by atoms with van der Waals surface area (Å²) in [5.41, 5.74) is 0.668.